The minimum absolute atomic E-state index is 0.00850. The summed E-state index contributed by atoms with van der Waals surface area (Å²) in [7, 11) is 0. The van der Waals surface area contributed by atoms with Gasteiger partial charge in [-0.25, -0.2) is 4.79 Å². The van der Waals surface area contributed by atoms with Crippen LogP contribution < -0.4 is 5.32 Å². The molecule has 2 aliphatic rings. The summed E-state index contributed by atoms with van der Waals surface area (Å²) in [5.74, 6) is 0.101. The number of esters is 1. The van der Waals surface area contributed by atoms with E-state index in [-0.39, 0.29) is 22.6 Å². The minimum atomic E-state index is -0.517. The first-order chi connectivity index (χ1) is 8.33. The number of hydrogen-bond donors (Lipinski definition) is 1. The Bertz CT molecular complexity index is 402. The summed E-state index contributed by atoms with van der Waals surface area (Å²) in [4.78, 5) is 22.0. The average molecular weight is 251 g/mol. The molecule has 0 radical (unpaired) electrons. The van der Waals surface area contributed by atoms with Gasteiger partial charge in [-0.3, -0.25) is 4.79 Å². The number of carbonyl (C=O) groups is 2. The second-order valence-electron chi connectivity index (χ2n) is 6.25. The van der Waals surface area contributed by atoms with E-state index in [1.807, 2.05) is 0 Å². The number of rotatable bonds is 4. The van der Waals surface area contributed by atoms with Gasteiger partial charge in [-0.1, -0.05) is 27.4 Å². The van der Waals surface area contributed by atoms with Crippen LogP contribution >= 0.6 is 0 Å². The van der Waals surface area contributed by atoms with Crippen LogP contribution in [0.1, 0.15) is 40.0 Å². The van der Waals surface area contributed by atoms with Crippen LogP contribution in [0.5, 0.6) is 0 Å². The summed E-state index contributed by atoms with van der Waals surface area (Å²) in [6, 6.07) is 0. The van der Waals surface area contributed by atoms with Gasteiger partial charge in [0.2, 0.25) is 6.41 Å². The Labute approximate surface area is 108 Å². The van der Waals surface area contributed by atoms with Crippen molar-refractivity contribution in [2.45, 2.75) is 46.1 Å². The highest BCUT2D eigenvalue weighted by atomic mass is 16.5. The van der Waals surface area contributed by atoms with E-state index in [1.54, 1.807) is 0 Å². The first-order valence-electron chi connectivity index (χ1n) is 6.43. The molecule has 1 amide bonds. The molecule has 0 aromatic rings. The molecule has 0 spiro atoms. The highest BCUT2D eigenvalue weighted by Gasteiger charge is 2.62. The van der Waals surface area contributed by atoms with E-state index < -0.39 is 5.97 Å². The number of amides is 1. The van der Waals surface area contributed by atoms with Crippen LogP contribution in [-0.2, 0) is 14.3 Å². The first kappa shape index (κ1) is 13.1. The third-order valence-corrected chi connectivity index (χ3v) is 5.44. The predicted molar refractivity (Wildman–Crippen MR) is 67.4 cm³/mol. The first-order valence-corrected chi connectivity index (χ1v) is 6.43. The quantitative estimate of drug-likeness (QED) is 0.472. The Morgan fingerprint density at radius 1 is 1.44 bits per heavy atom. The molecule has 1 unspecified atom stereocenters. The maximum Gasteiger partial charge on any atom is 0.354 e. The van der Waals surface area contributed by atoms with Crippen molar-refractivity contribution in [2.24, 2.45) is 16.7 Å². The number of fused-ring (bicyclic) bond motifs is 2. The standard InChI is InChI=1S/C14H21NO3/c1-9(15-8-16)12(17)18-11-7-10-5-6-14(11,4)13(10,2)3/h8,10-11H,1,5-7H2,2-4H3,(H,15,16)/t10-,11?,14-/m1/s1. The van der Waals surface area contributed by atoms with Gasteiger partial charge >= 0.3 is 5.97 Å². The topological polar surface area (TPSA) is 55.4 Å². The molecule has 3 atom stereocenters. The third-order valence-electron chi connectivity index (χ3n) is 5.44. The third kappa shape index (κ3) is 1.66. The molecule has 4 nitrogen and oxygen atoms in total. The van der Waals surface area contributed by atoms with Gasteiger partial charge in [0.05, 0.1) is 0 Å². The lowest BCUT2D eigenvalue weighted by atomic mass is 9.70. The van der Waals surface area contributed by atoms with E-state index >= 15 is 0 Å². The van der Waals surface area contributed by atoms with Crippen molar-refractivity contribution in [3.63, 3.8) is 0 Å². The molecule has 2 aliphatic carbocycles. The number of hydrogen-bond acceptors (Lipinski definition) is 3. The van der Waals surface area contributed by atoms with Crippen LogP contribution in [0.25, 0.3) is 0 Å². The highest BCUT2D eigenvalue weighted by Crippen LogP contribution is 2.66. The summed E-state index contributed by atoms with van der Waals surface area (Å²) in [6.45, 7) is 10.2. The van der Waals surface area contributed by atoms with Gasteiger partial charge in [0, 0.05) is 5.41 Å². The van der Waals surface area contributed by atoms with E-state index in [9.17, 15) is 9.59 Å². The maximum atomic E-state index is 11.8. The van der Waals surface area contributed by atoms with E-state index in [2.05, 4.69) is 32.7 Å². The number of ether oxygens (including phenoxy) is 1. The van der Waals surface area contributed by atoms with Crippen LogP contribution in [0.3, 0.4) is 0 Å². The zero-order valence-electron chi connectivity index (χ0n) is 11.3. The molecule has 0 aromatic carbocycles. The van der Waals surface area contributed by atoms with E-state index in [0.29, 0.717) is 12.3 Å². The second kappa shape index (κ2) is 4.11. The lowest BCUT2D eigenvalue weighted by Crippen LogP contribution is -2.39. The molecule has 2 saturated carbocycles. The van der Waals surface area contributed by atoms with Crippen LogP contribution in [0.15, 0.2) is 12.3 Å². The normalized spacial score (nSPS) is 36.2. The summed E-state index contributed by atoms with van der Waals surface area (Å²) in [6.07, 6.45) is 3.60. The Balaban J connectivity index is 2.07. The fraction of sp³-hybridized carbons (Fsp3) is 0.714. The Hall–Kier alpha value is -1.32. The van der Waals surface area contributed by atoms with Crippen molar-refractivity contribution in [1.29, 1.82) is 0 Å². The molecule has 0 aliphatic heterocycles. The van der Waals surface area contributed by atoms with Crippen molar-refractivity contribution in [3.05, 3.63) is 12.3 Å². The smallest absolute Gasteiger partial charge is 0.354 e. The highest BCUT2D eigenvalue weighted by molar-refractivity contribution is 5.89. The van der Waals surface area contributed by atoms with Crippen molar-refractivity contribution < 1.29 is 14.3 Å². The lowest BCUT2D eigenvalue weighted by Gasteiger charge is -2.38. The molecule has 18 heavy (non-hydrogen) atoms. The largest absolute Gasteiger partial charge is 0.457 e. The van der Waals surface area contributed by atoms with Gasteiger partial charge < -0.3 is 10.1 Å². The van der Waals surface area contributed by atoms with Crippen LogP contribution in [0.4, 0.5) is 0 Å². The minimum Gasteiger partial charge on any atom is -0.457 e. The zero-order chi connectivity index (χ0) is 13.6. The summed E-state index contributed by atoms with van der Waals surface area (Å²) in [5, 5.41) is 2.25. The summed E-state index contributed by atoms with van der Waals surface area (Å²) < 4.78 is 5.54. The number of nitrogens with one attached hydrogen (secondary N) is 1. The van der Waals surface area contributed by atoms with Crippen LogP contribution in [-0.4, -0.2) is 18.5 Å². The molecule has 0 heterocycles. The molecule has 0 saturated heterocycles. The van der Waals surface area contributed by atoms with Crippen molar-refractivity contribution >= 4 is 12.4 Å². The van der Waals surface area contributed by atoms with Gasteiger partial charge in [-0.15, -0.1) is 0 Å². The summed E-state index contributed by atoms with van der Waals surface area (Å²) in [5.41, 5.74) is 0.251. The van der Waals surface area contributed by atoms with E-state index in [4.69, 9.17) is 4.74 Å². The Morgan fingerprint density at radius 2 is 2.11 bits per heavy atom. The molecule has 2 rings (SSSR count). The molecule has 2 fully saturated rings. The Morgan fingerprint density at radius 3 is 2.56 bits per heavy atom. The molecule has 2 bridgehead atoms. The fourth-order valence-electron chi connectivity index (χ4n) is 3.64. The van der Waals surface area contributed by atoms with Crippen molar-refractivity contribution in [3.8, 4) is 0 Å². The van der Waals surface area contributed by atoms with Crippen molar-refractivity contribution in [2.75, 3.05) is 0 Å². The fourth-order valence-corrected chi connectivity index (χ4v) is 3.64. The van der Waals surface area contributed by atoms with E-state index in [0.717, 1.165) is 12.8 Å². The average Bonchev–Trinajstić information content (AvgIpc) is 2.62. The summed E-state index contributed by atoms with van der Waals surface area (Å²) >= 11 is 0. The molecular formula is C14H21NO3. The maximum absolute atomic E-state index is 11.8. The van der Waals surface area contributed by atoms with Crippen LogP contribution in [0.2, 0.25) is 0 Å². The van der Waals surface area contributed by atoms with Crippen LogP contribution in [0, 0.1) is 16.7 Å². The van der Waals surface area contributed by atoms with Gasteiger partial charge in [0.25, 0.3) is 0 Å². The monoisotopic (exact) mass is 251 g/mol. The lowest BCUT2D eigenvalue weighted by molar-refractivity contribution is -0.152. The van der Waals surface area contributed by atoms with Gasteiger partial charge in [0.15, 0.2) is 0 Å². The van der Waals surface area contributed by atoms with Crippen molar-refractivity contribution in [1.82, 2.24) is 5.32 Å². The molecular weight excluding hydrogens is 230 g/mol. The second-order valence-corrected chi connectivity index (χ2v) is 6.25. The Kier molecular flexibility index (Phi) is 2.99. The van der Waals surface area contributed by atoms with Gasteiger partial charge in [0.1, 0.15) is 11.8 Å². The van der Waals surface area contributed by atoms with Gasteiger partial charge in [-0.2, -0.15) is 0 Å². The van der Waals surface area contributed by atoms with Gasteiger partial charge in [-0.05, 0) is 30.6 Å². The molecule has 1 N–H and O–H groups in total. The predicted octanol–water partition coefficient (Wildman–Crippen LogP) is 2.00. The van der Waals surface area contributed by atoms with E-state index in [1.165, 1.54) is 6.42 Å². The zero-order valence-corrected chi connectivity index (χ0v) is 11.3. The molecule has 100 valence electrons. The SMILES string of the molecule is C=C(NC=O)C(=O)OC1C[C@H]2CC[C@@]1(C)C2(C)C. The number of carbonyl (C=O) groups excluding carboxylic acids is 2. The molecule has 4 heteroatoms. The molecule has 0 aromatic heterocycles.